The van der Waals surface area contributed by atoms with Crippen LogP contribution < -0.4 is 14.8 Å². The molecule has 0 saturated heterocycles. The highest BCUT2D eigenvalue weighted by molar-refractivity contribution is 7.99. The van der Waals surface area contributed by atoms with Crippen molar-refractivity contribution in [1.29, 1.82) is 0 Å². The first kappa shape index (κ1) is 22.4. The van der Waals surface area contributed by atoms with Crippen molar-refractivity contribution in [3.63, 3.8) is 0 Å². The molecule has 0 saturated carbocycles. The SMILES string of the molecule is C=CCn1c(SCC(=O)Nc2nc3c(C)cc(C)cc3s2)nnc1[C@H]1COc2ccccc2O1. The van der Waals surface area contributed by atoms with E-state index in [-0.39, 0.29) is 11.7 Å². The maximum absolute atomic E-state index is 12.6. The fourth-order valence-electron chi connectivity index (χ4n) is 3.80. The Morgan fingerprint density at radius 3 is 2.94 bits per heavy atom. The monoisotopic (exact) mass is 493 g/mol. The molecule has 1 N–H and O–H groups in total. The molecule has 4 aromatic rings. The molecular formula is C24H23N5O3S2. The number of benzene rings is 2. The van der Waals surface area contributed by atoms with Crippen LogP contribution in [0.3, 0.4) is 0 Å². The van der Waals surface area contributed by atoms with Gasteiger partial charge in [0.25, 0.3) is 0 Å². The van der Waals surface area contributed by atoms with E-state index < -0.39 is 6.10 Å². The van der Waals surface area contributed by atoms with Gasteiger partial charge in [0, 0.05) is 6.54 Å². The maximum atomic E-state index is 12.6. The van der Waals surface area contributed by atoms with Crippen molar-refractivity contribution >= 4 is 44.4 Å². The van der Waals surface area contributed by atoms with Crippen LogP contribution in [0.15, 0.2) is 54.2 Å². The normalized spacial score (nSPS) is 14.8. The molecule has 10 heteroatoms. The van der Waals surface area contributed by atoms with Gasteiger partial charge in [0.2, 0.25) is 5.91 Å². The van der Waals surface area contributed by atoms with Gasteiger partial charge in [-0.2, -0.15) is 0 Å². The minimum absolute atomic E-state index is 0.153. The number of amides is 1. The number of hydrogen-bond acceptors (Lipinski definition) is 8. The largest absolute Gasteiger partial charge is 0.485 e. The summed E-state index contributed by atoms with van der Waals surface area (Å²) in [6, 6.07) is 11.7. The van der Waals surface area contributed by atoms with Crippen LogP contribution in [0.2, 0.25) is 0 Å². The van der Waals surface area contributed by atoms with Crippen LogP contribution in [-0.2, 0) is 11.3 Å². The Morgan fingerprint density at radius 1 is 1.29 bits per heavy atom. The third kappa shape index (κ3) is 4.51. The molecule has 0 fully saturated rings. The number of anilines is 1. The molecular weight excluding hydrogens is 470 g/mol. The van der Waals surface area contributed by atoms with Gasteiger partial charge in [-0.05, 0) is 43.2 Å². The number of carbonyl (C=O) groups excluding carboxylic acids is 1. The minimum Gasteiger partial charge on any atom is -0.485 e. The number of thioether (sulfide) groups is 1. The zero-order valence-electron chi connectivity index (χ0n) is 18.8. The first-order chi connectivity index (χ1) is 16.5. The number of nitrogens with one attached hydrogen (secondary N) is 1. The van der Waals surface area contributed by atoms with Crippen molar-refractivity contribution < 1.29 is 14.3 Å². The molecule has 0 bridgehead atoms. The lowest BCUT2D eigenvalue weighted by atomic mass is 10.1. The van der Waals surface area contributed by atoms with Gasteiger partial charge in [0.15, 0.2) is 33.7 Å². The fraction of sp³-hybridized carbons (Fsp3) is 0.250. The molecule has 1 aliphatic heterocycles. The van der Waals surface area contributed by atoms with Crippen LogP contribution in [0.5, 0.6) is 11.5 Å². The molecule has 174 valence electrons. The van der Waals surface area contributed by atoms with Crippen LogP contribution in [0, 0.1) is 13.8 Å². The third-order valence-corrected chi connectivity index (χ3v) is 7.15. The van der Waals surface area contributed by atoms with Gasteiger partial charge in [-0.3, -0.25) is 9.36 Å². The highest BCUT2D eigenvalue weighted by Crippen LogP contribution is 2.36. The molecule has 5 rings (SSSR count). The minimum atomic E-state index is -0.403. The van der Waals surface area contributed by atoms with Gasteiger partial charge < -0.3 is 14.8 Å². The Labute approximate surface area is 205 Å². The van der Waals surface area contributed by atoms with E-state index in [1.54, 1.807) is 6.08 Å². The number of fused-ring (bicyclic) bond motifs is 2. The van der Waals surface area contributed by atoms with Crippen LogP contribution in [0.1, 0.15) is 23.1 Å². The van der Waals surface area contributed by atoms with E-state index in [2.05, 4.69) is 46.1 Å². The lowest BCUT2D eigenvalue weighted by Gasteiger charge is -2.26. The van der Waals surface area contributed by atoms with Gasteiger partial charge in [-0.15, -0.1) is 16.8 Å². The number of thiazole rings is 1. The molecule has 8 nitrogen and oxygen atoms in total. The maximum Gasteiger partial charge on any atom is 0.236 e. The van der Waals surface area contributed by atoms with E-state index in [0.717, 1.165) is 15.8 Å². The quantitative estimate of drug-likeness (QED) is 0.288. The summed E-state index contributed by atoms with van der Waals surface area (Å²) in [5, 5.41) is 12.7. The number of rotatable bonds is 7. The predicted octanol–water partition coefficient (Wildman–Crippen LogP) is 4.93. The molecule has 0 radical (unpaired) electrons. The number of para-hydroxylation sites is 2. The summed E-state index contributed by atoms with van der Waals surface area (Å²) in [6.45, 7) is 8.74. The average molecular weight is 494 g/mol. The highest BCUT2D eigenvalue weighted by Gasteiger charge is 2.28. The third-order valence-electron chi connectivity index (χ3n) is 5.26. The molecule has 1 atom stereocenters. The number of aromatic nitrogens is 4. The summed E-state index contributed by atoms with van der Waals surface area (Å²) in [4.78, 5) is 17.2. The standard InChI is InChI=1S/C24H23N5O3S2/c1-4-9-29-22(18-12-31-16-7-5-6-8-17(16)32-18)27-28-24(29)33-13-20(30)25-23-26-21-15(3)10-14(2)11-19(21)34-23/h4-8,10-11,18H,1,9,12-13H2,2-3H3,(H,25,26,30)/t18-/m1/s1. The molecule has 3 heterocycles. The number of hydrogen-bond donors (Lipinski definition) is 1. The van der Waals surface area contributed by atoms with Crippen molar-refractivity contribution in [3.05, 3.63) is 66.0 Å². The Hall–Kier alpha value is -3.37. The second-order valence-corrected chi connectivity index (χ2v) is 9.86. The van der Waals surface area contributed by atoms with E-state index in [0.29, 0.717) is 40.8 Å². The number of ether oxygens (including phenoxy) is 2. The smallest absolute Gasteiger partial charge is 0.236 e. The first-order valence-electron chi connectivity index (χ1n) is 10.7. The Morgan fingerprint density at radius 2 is 2.12 bits per heavy atom. The van der Waals surface area contributed by atoms with Gasteiger partial charge in [0.05, 0.1) is 16.0 Å². The van der Waals surface area contributed by atoms with Crippen molar-refractivity contribution in [1.82, 2.24) is 19.7 Å². The molecule has 1 amide bonds. The lowest BCUT2D eigenvalue weighted by Crippen LogP contribution is -2.25. The molecule has 1 aliphatic rings. The number of carbonyl (C=O) groups is 1. The van der Waals surface area contributed by atoms with Crippen LogP contribution in [0.4, 0.5) is 5.13 Å². The lowest BCUT2D eigenvalue weighted by molar-refractivity contribution is -0.113. The summed E-state index contributed by atoms with van der Waals surface area (Å²) in [6.07, 6.45) is 1.36. The predicted molar refractivity (Wildman–Crippen MR) is 134 cm³/mol. The average Bonchev–Trinajstić information content (AvgIpc) is 3.41. The van der Waals surface area contributed by atoms with Crippen LogP contribution in [0.25, 0.3) is 10.2 Å². The zero-order valence-corrected chi connectivity index (χ0v) is 20.4. The second-order valence-electron chi connectivity index (χ2n) is 7.89. The summed E-state index contributed by atoms with van der Waals surface area (Å²) in [7, 11) is 0. The van der Waals surface area contributed by atoms with Crippen molar-refractivity contribution in [3.8, 4) is 11.5 Å². The molecule has 0 spiro atoms. The van der Waals surface area contributed by atoms with E-state index in [1.807, 2.05) is 35.8 Å². The number of allylic oxidation sites excluding steroid dienone is 1. The van der Waals surface area contributed by atoms with Crippen molar-refractivity contribution in [2.75, 3.05) is 17.7 Å². The van der Waals surface area contributed by atoms with Crippen molar-refractivity contribution in [2.45, 2.75) is 31.7 Å². The van der Waals surface area contributed by atoms with E-state index >= 15 is 0 Å². The topological polar surface area (TPSA) is 91.2 Å². The van der Waals surface area contributed by atoms with Gasteiger partial charge >= 0.3 is 0 Å². The molecule has 34 heavy (non-hydrogen) atoms. The van der Waals surface area contributed by atoms with E-state index in [4.69, 9.17) is 9.47 Å². The number of aryl methyl sites for hydroxylation is 2. The summed E-state index contributed by atoms with van der Waals surface area (Å²) >= 11 is 2.78. The van der Waals surface area contributed by atoms with Gasteiger partial charge in [-0.1, -0.05) is 47.4 Å². The summed E-state index contributed by atoms with van der Waals surface area (Å²) in [5.74, 6) is 2.03. The Bertz CT molecular complexity index is 1380. The summed E-state index contributed by atoms with van der Waals surface area (Å²) in [5.41, 5.74) is 3.20. The molecule has 2 aromatic heterocycles. The first-order valence-corrected chi connectivity index (χ1v) is 12.5. The van der Waals surface area contributed by atoms with Crippen LogP contribution >= 0.6 is 23.1 Å². The number of nitrogens with zero attached hydrogens (tertiary/aromatic N) is 4. The van der Waals surface area contributed by atoms with E-state index in [9.17, 15) is 4.79 Å². The van der Waals surface area contributed by atoms with E-state index in [1.165, 1.54) is 28.7 Å². The van der Waals surface area contributed by atoms with Gasteiger partial charge in [-0.25, -0.2) is 4.98 Å². The molecule has 0 unspecified atom stereocenters. The molecule has 0 aliphatic carbocycles. The second kappa shape index (κ2) is 9.47. The fourth-order valence-corrected chi connectivity index (χ4v) is 5.62. The zero-order chi connectivity index (χ0) is 23.7. The molecule has 2 aromatic carbocycles. The Kier molecular flexibility index (Phi) is 6.25. The Balaban J connectivity index is 1.27. The van der Waals surface area contributed by atoms with Crippen molar-refractivity contribution in [2.24, 2.45) is 0 Å². The van der Waals surface area contributed by atoms with Gasteiger partial charge in [0.1, 0.15) is 6.61 Å². The highest BCUT2D eigenvalue weighted by atomic mass is 32.2. The summed E-state index contributed by atoms with van der Waals surface area (Å²) < 4.78 is 14.9. The van der Waals surface area contributed by atoms with Crippen LogP contribution in [-0.4, -0.2) is 38.0 Å².